The molecule has 0 aliphatic carbocycles. The molecule has 4 aromatic rings. The van der Waals surface area contributed by atoms with Crippen LogP contribution in [0.2, 0.25) is 0 Å². The van der Waals surface area contributed by atoms with Crippen molar-refractivity contribution in [2.75, 3.05) is 18.4 Å². The molecule has 30 heavy (non-hydrogen) atoms. The van der Waals surface area contributed by atoms with Gasteiger partial charge in [0.1, 0.15) is 18.2 Å². The normalized spacial score (nSPS) is 14.0. The number of para-hydroxylation sites is 1. The monoisotopic (exact) mass is 399 g/mol. The van der Waals surface area contributed by atoms with Gasteiger partial charge >= 0.3 is 0 Å². The fourth-order valence-corrected chi connectivity index (χ4v) is 3.61. The Morgan fingerprint density at radius 2 is 2.10 bits per heavy atom. The van der Waals surface area contributed by atoms with Gasteiger partial charge in [0.05, 0.1) is 42.2 Å². The van der Waals surface area contributed by atoms with Crippen molar-refractivity contribution in [3.05, 3.63) is 67.9 Å². The van der Waals surface area contributed by atoms with Crippen molar-refractivity contribution in [1.82, 2.24) is 29.6 Å². The molecule has 150 valence electrons. The van der Waals surface area contributed by atoms with Gasteiger partial charge in [-0.3, -0.25) is 4.68 Å². The summed E-state index contributed by atoms with van der Waals surface area (Å²) in [6.07, 6.45) is 6.90. The van der Waals surface area contributed by atoms with E-state index in [2.05, 4.69) is 43.4 Å². The summed E-state index contributed by atoms with van der Waals surface area (Å²) in [5.41, 5.74) is 3.58. The van der Waals surface area contributed by atoms with Crippen LogP contribution in [-0.4, -0.2) is 48.8 Å². The van der Waals surface area contributed by atoms with E-state index in [1.54, 1.807) is 12.3 Å². The number of fused-ring (bicyclic) bond motifs is 2. The smallest absolute Gasteiger partial charge is 0.214 e. The molecule has 0 unspecified atom stereocenters. The number of ether oxygens (including phenoxy) is 1. The summed E-state index contributed by atoms with van der Waals surface area (Å²) >= 11 is 0. The first kappa shape index (κ1) is 18.1. The summed E-state index contributed by atoms with van der Waals surface area (Å²) in [7, 11) is 1.92. The summed E-state index contributed by atoms with van der Waals surface area (Å²) in [4.78, 5) is 15.3. The standard InChI is InChI=1S/C22H21N7O/c1-4-14(2)29-11-16(12-29)30-20-8-17-19(10-23-20)24-13-25-22(17)27-18-7-5-6-15-9-26-28(3)21(15)18/h4-10,13,16H,1-2,11-12H2,3H3,(H,24,25,27). The zero-order valence-corrected chi connectivity index (χ0v) is 16.6. The first-order valence-electron chi connectivity index (χ1n) is 9.64. The average Bonchev–Trinajstić information content (AvgIpc) is 3.12. The van der Waals surface area contributed by atoms with Crippen molar-refractivity contribution < 1.29 is 4.74 Å². The lowest BCUT2D eigenvalue weighted by molar-refractivity contribution is 0.0439. The minimum atomic E-state index is 0.0656. The van der Waals surface area contributed by atoms with Gasteiger partial charge in [0.2, 0.25) is 5.88 Å². The van der Waals surface area contributed by atoms with Crippen LogP contribution in [-0.2, 0) is 7.05 Å². The molecular weight excluding hydrogens is 378 g/mol. The van der Waals surface area contributed by atoms with Crippen molar-refractivity contribution in [2.45, 2.75) is 6.10 Å². The molecule has 4 heterocycles. The SMILES string of the molecule is C=CC(=C)N1CC(Oc2cc3c(Nc4cccc5cnn(C)c45)ncnc3cn2)C1. The Balaban J connectivity index is 1.43. The number of benzene rings is 1. The van der Waals surface area contributed by atoms with Crippen molar-refractivity contribution >= 4 is 33.3 Å². The average molecular weight is 399 g/mol. The molecule has 0 atom stereocenters. The predicted octanol–water partition coefficient (Wildman–Crippen LogP) is 3.42. The van der Waals surface area contributed by atoms with E-state index in [4.69, 9.17) is 4.74 Å². The zero-order valence-electron chi connectivity index (χ0n) is 16.6. The molecule has 0 spiro atoms. The van der Waals surface area contributed by atoms with Crippen LogP contribution in [0.25, 0.3) is 21.8 Å². The summed E-state index contributed by atoms with van der Waals surface area (Å²) in [6, 6.07) is 7.91. The maximum atomic E-state index is 6.04. The number of allylic oxidation sites excluding steroid dienone is 1. The Bertz CT molecular complexity index is 1270. The molecule has 3 aromatic heterocycles. The highest BCUT2D eigenvalue weighted by atomic mass is 16.5. The minimum absolute atomic E-state index is 0.0656. The van der Waals surface area contributed by atoms with Crippen molar-refractivity contribution in [3.63, 3.8) is 0 Å². The fourth-order valence-electron chi connectivity index (χ4n) is 3.61. The number of nitrogens with one attached hydrogen (secondary N) is 1. The summed E-state index contributed by atoms with van der Waals surface area (Å²) in [5.74, 6) is 1.24. The summed E-state index contributed by atoms with van der Waals surface area (Å²) < 4.78 is 7.88. The van der Waals surface area contributed by atoms with Crippen LogP contribution in [0.1, 0.15) is 0 Å². The van der Waals surface area contributed by atoms with Gasteiger partial charge in [-0.15, -0.1) is 0 Å². The highest BCUT2D eigenvalue weighted by Gasteiger charge is 2.28. The van der Waals surface area contributed by atoms with Gasteiger partial charge < -0.3 is 15.0 Å². The lowest BCUT2D eigenvalue weighted by Crippen LogP contribution is -2.52. The quantitative estimate of drug-likeness (QED) is 0.498. The second-order valence-electron chi connectivity index (χ2n) is 7.24. The number of nitrogens with zero attached hydrogens (tertiary/aromatic N) is 6. The molecule has 1 fully saturated rings. The van der Waals surface area contributed by atoms with Gasteiger partial charge in [-0.1, -0.05) is 25.3 Å². The van der Waals surface area contributed by atoms with Gasteiger partial charge in [0, 0.05) is 29.6 Å². The van der Waals surface area contributed by atoms with E-state index < -0.39 is 0 Å². The van der Waals surface area contributed by atoms with Crippen molar-refractivity contribution in [3.8, 4) is 5.88 Å². The van der Waals surface area contributed by atoms with Crippen LogP contribution in [0.4, 0.5) is 11.5 Å². The summed E-state index contributed by atoms with van der Waals surface area (Å²) in [5, 5.41) is 9.67. The first-order valence-corrected chi connectivity index (χ1v) is 9.64. The van der Waals surface area contributed by atoms with Crippen LogP contribution in [0.15, 0.2) is 67.9 Å². The topological polar surface area (TPSA) is 81.0 Å². The van der Waals surface area contributed by atoms with Gasteiger partial charge in [-0.25, -0.2) is 15.0 Å². The van der Waals surface area contributed by atoms with E-state index in [1.807, 2.05) is 42.2 Å². The first-order chi connectivity index (χ1) is 14.6. The van der Waals surface area contributed by atoms with E-state index in [0.29, 0.717) is 11.7 Å². The number of anilines is 2. The maximum Gasteiger partial charge on any atom is 0.214 e. The van der Waals surface area contributed by atoms with Crippen LogP contribution in [0, 0.1) is 0 Å². The van der Waals surface area contributed by atoms with E-state index in [-0.39, 0.29) is 6.10 Å². The Hall–Kier alpha value is -3.94. The number of hydrogen-bond donors (Lipinski definition) is 1. The number of likely N-dealkylation sites (tertiary alicyclic amines) is 1. The van der Waals surface area contributed by atoms with Crippen LogP contribution in [0.5, 0.6) is 5.88 Å². The maximum absolute atomic E-state index is 6.04. The van der Waals surface area contributed by atoms with Crippen LogP contribution in [0.3, 0.4) is 0 Å². The molecular formula is C22H21N7O. The Morgan fingerprint density at radius 3 is 2.93 bits per heavy atom. The molecule has 1 saturated heterocycles. The summed E-state index contributed by atoms with van der Waals surface area (Å²) in [6.45, 7) is 9.24. The van der Waals surface area contributed by atoms with E-state index in [0.717, 1.165) is 46.3 Å². The predicted molar refractivity (Wildman–Crippen MR) is 117 cm³/mol. The third-order valence-electron chi connectivity index (χ3n) is 5.29. The Labute approximate surface area is 173 Å². The van der Waals surface area contributed by atoms with Gasteiger partial charge in [0.25, 0.3) is 0 Å². The Kier molecular flexibility index (Phi) is 4.31. The zero-order chi connectivity index (χ0) is 20.7. The van der Waals surface area contributed by atoms with E-state index >= 15 is 0 Å². The molecule has 8 nitrogen and oxygen atoms in total. The van der Waals surface area contributed by atoms with Crippen LogP contribution < -0.4 is 10.1 Å². The van der Waals surface area contributed by atoms with Gasteiger partial charge in [0.15, 0.2) is 0 Å². The Morgan fingerprint density at radius 1 is 1.23 bits per heavy atom. The third-order valence-corrected chi connectivity index (χ3v) is 5.29. The molecule has 0 bridgehead atoms. The number of aryl methyl sites for hydroxylation is 1. The van der Waals surface area contributed by atoms with E-state index in [1.165, 1.54) is 6.33 Å². The highest BCUT2D eigenvalue weighted by Crippen LogP contribution is 2.30. The molecule has 0 saturated carbocycles. The van der Waals surface area contributed by atoms with Gasteiger partial charge in [-0.05, 0) is 12.1 Å². The molecule has 5 rings (SSSR count). The third kappa shape index (κ3) is 3.12. The second kappa shape index (κ2) is 7.14. The number of aromatic nitrogens is 5. The minimum Gasteiger partial charge on any atom is -0.471 e. The molecule has 1 aromatic carbocycles. The number of rotatable bonds is 6. The molecule has 1 aliphatic rings. The molecule has 0 amide bonds. The lowest BCUT2D eigenvalue weighted by atomic mass is 10.1. The second-order valence-corrected chi connectivity index (χ2v) is 7.24. The number of pyridine rings is 1. The largest absolute Gasteiger partial charge is 0.471 e. The van der Waals surface area contributed by atoms with Gasteiger partial charge in [-0.2, -0.15) is 5.10 Å². The molecule has 8 heteroatoms. The number of hydrogen-bond acceptors (Lipinski definition) is 7. The van der Waals surface area contributed by atoms with Crippen molar-refractivity contribution in [2.24, 2.45) is 7.05 Å². The van der Waals surface area contributed by atoms with Crippen LogP contribution >= 0.6 is 0 Å². The lowest BCUT2D eigenvalue weighted by Gasteiger charge is -2.40. The van der Waals surface area contributed by atoms with E-state index in [9.17, 15) is 0 Å². The van der Waals surface area contributed by atoms with Crippen molar-refractivity contribution in [1.29, 1.82) is 0 Å². The highest BCUT2D eigenvalue weighted by molar-refractivity contribution is 5.96. The fraction of sp³-hybridized carbons (Fsp3) is 0.182. The molecule has 0 radical (unpaired) electrons. The molecule has 1 N–H and O–H groups in total. The molecule has 1 aliphatic heterocycles.